The van der Waals surface area contributed by atoms with Crippen molar-refractivity contribution in [2.45, 2.75) is 31.7 Å². The number of anilines is 1. The van der Waals surface area contributed by atoms with E-state index in [0.717, 1.165) is 42.6 Å². The van der Waals surface area contributed by atoms with Crippen molar-refractivity contribution in [2.75, 3.05) is 4.90 Å². The second kappa shape index (κ2) is 8.80. The Kier molecular flexibility index (Phi) is 5.58. The molecule has 1 unspecified atom stereocenters. The number of benzene rings is 2. The summed E-state index contributed by atoms with van der Waals surface area (Å²) < 4.78 is 14.5. The molecule has 1 saturated heterocycles. The fraction of sp³-hybridized carbons (Fsp3) is 0.185. The second-order valence-corrected chi connectivity index (χ2v) is 10.3. The van der Waals surface area contributed by atoms with Crippen LogP contribution in [-0.2, 0) is 22.4 Å². The van der Waals surface area contributed by atoms with E-state index >= 15 is 0 Å². The summed E-state index contributed by atoms with van der Waals surface area (Å²) in [4.78, 5) is 36.8. The van der Waals surface area contributed by atoms with E-state index in [9.17, 15) is 19.1 Å². The number of hydrogen-bond acceptors (Lipinski definition) is 6. The number of amides is 1. The summed E-state index contributed by atoms with van der Waals surface area (Å²) in [6.45, 7) is 0. The van der Waals surface area contributed by atoms with Gasteiger partial charge in [-0.3, -0.25) is 19.5 Å². The highest BCUT2D eigenvalue weighted by Gasteiger charge is 2.49. The predicted molar refractivity (Wildman–Crippen MR) is 137 cm³/mol. The van der Waals surface area contributed by atoms with Gasteiger partial charge in [-0.1, -0.05) is 41.1 Å². The first kappa shape index (κ1) is 22.8. The molecule has 1 fully saturated rings. The van der Waals surface area contributed by atoms with Crippen molar-refractivity contribution in [2.24, 2.45) is 0 Å². The molecule has 36 heavy (non-hydrogen) atoms. The van der Waals surface area contributed by atoms with Gasteiger partial charge in [-0.15, -0.1) is 0 Å². The minimum Gasteiger partial charge on any atom is -0.507 e. The van der Waals surface area contributed by atoms with Gasteiger partial charge < -0.3 is 5.11 Å². The van der Waals surface area contributed by atoms with Crippen molar-refractivity contribution < 1.29 is 19.1 Å². The van der Waals surface area contributed by atoms with Crippen LogP contribution in [0.5, 0.6) is 0 Å². The molecular weight excluding hydrogens is 501 g/mol. The quantitative estimate of drug-likeness (QED) is 0.204. The van der Waals surface area contributed by atoms with Crippen LogP contribution in [0.15, 0.2) is 60.3 Å². The van der Waals surface area contributed by atoms with Gasteiger partial charge in [0.15, 0.2) is 5.13 Å². The van der Waals surface area contributed by atoms with Gasteiger partial charge in [-0.2, -0.15) is 0 Å². The number of thiazole rings is 1. The number of Topliss-reactive ketones (excluding diaryl/α,β-unsaturated/α-hetero) is 1. The van der Waals surface area contributed by atoms with E-state index in [4.69, 9.17) is 11.6 Å². The molecule has 4 aromatic rings. The van der Waals surface area contributed by atoms with Crippen LogP contribution >= 0.6 is 22.9 Å². The van der Waals surface area contributed by atoms with Gasteiger partial charge in [-0.05, 0) is 67.1 Å². The lowest BCUT2D eigenvalue weighted by atomic mass is 9.89. The highest BCUT2D eigenvalue weighted by molar-refractivity contribution is 7.22. The maximum atomic E-state index is 14.1. The number of fused-ring (bicyclic) bond motifs is 2. The molecule has 1 aliphatic heterocycles. The molecule has 180 valence electrons. The van der Waals surface area contributed by atoms with Crippen molar-refractivity contribution in [1.82, 2.24) is 9.97 Å². The van der Waals surface area contributed by atoms with Crippen molar-refractivity contribution in [3.63, 3.8) is 0 Å². The number of rotatable bonds is 3. The molecular formula is C27H19ClFN3O3S. The number of nitrogens with zero attached hydrogens (tertiary/aromatic N) is 3. The molecule has 3 heterocycles. The number of ketones is 1. The zero-order chi connectivity index (χ0) is 25.0. The van der Waals surface area contributed by atoms with Crippen LogP contribution in [-0.4, -0.2) is 26.8 Å². The van der Waals surface area contributed by atoms with Crippen molar-refractivity contribution in [3.8, 4) is 0 Å². The maximum absolute atomic E-state index is 14.1. The van der Waals surface area contributed by atoms with Crippen LogP contribution in [0.3, 0.4) is 0 Å². The van der Waals surface area contributed by atoms with Crippen molar-refractivity contribution in [3.05, 3.63) is 93.5 Å². The lowest BCUT2D eigenvalue weighted by Crippen LogP contribution is -2.29. The summed E-state index contributed by atoms with van der Waals surface area (Å²) in [6, 6.07) is 12.4. The number of aryl methyl sites for hydroxylation is 2. The number of hydrogen-bond donors (Lipinski definition) is 1. The third-order valence-corrected chi connectivity index (χ3v) is 7.97. The molecule has 0 radical (unpaired) electrons. The third kappa shape index (κ3) is 3.68. The first-order valence-electron chi connectivity index (χ1n) is 11.5. The van der Waals surface area contributed by atoms with Crippen LogP contribution < -0.4 is 4.90 Å². The van der Waals surface area contributed by atoms with Gasteiger partial charge in [0, 0.05) is 11.8 Å². The first-order valence-corrected chi connectivity index (χ1v) is 12.7. The standard InChI is InChI=1S/C27H19ClFN3O3S/c28-17-12-20-21(13-18(17)29)36-27(31-20)32-23(19-7-3-4-10-30-19)22(25(34)26(32)35)24(33)16-9-8-14-5-1-2-6-15(14)11-16/h3-4,7-13,23,33H,1-2,5-6H2/b24-22+. The molecule has 1 atom stereocenters. The van der Waals surface area contributed by atoms with Gasteiger partial charge in [-0.25, -0.2) is 9.37 Å². The van der Waals surface area contributed by atoms with E-state index in [2.05, 4.69) is 9.97 Å². The zero-order valence-corrected chi connectivity index (χ0v) is 20.4. The SMILES string of the molecule is O=C1C(=O)N(c2nc3cc(Cl)c(F)cc3s2)C(c2ccccn2)/C1=C(\O)c1ccc2c(c1)CCCC2. The number of carbonyl (C=O) groups is 2. The van der Waals surface area contributed by atoms with E-state index in [1.807, 2.05) is 12.1 Å². The van der Waals surface area contributed by atoms with Gasteiger partial charge >= 0.3 is 5.91 Å². The van der Waals surface area contributed by atoms with Crippen molar-refractivity contribution >= 4 is 55.7 Å². The monoisotopic (exact) mass is 519 g/mol. The molecule has 2 aliphatic rings. The van der Waals surface area contributed by atoms with Gasteiger partial charge in [0.2, 0.25) is 0 Å². The Bertz CT molecular complexity index is 1550. The fourth-order valence-corrected chi connectivity index (χ4v) is 6.05. The zero-order valence-electron chi connectivity index (χ0n) is 18.9. The lowest BCUT2D eigenvalue weighted by Gasteiger charge is -2.22. The Morgan fingerprint density at radius 2 is 1.89 bits per heavy atom. The van der Waals surface area contributed by atoms with Crippen LogP contribution in [0.4, 0.5) is 9.52 Å². The van der Waals surface area contributed by atoms with Crippen LogP contribution in [0.25, 0.3) is 16.0 Å². The van der Waals surface area contributed by atoms with Crippen LogP contribution in [0.2, 0.25) is 5.02 Å². The molecule has 6 nitrogen and oxygen atoms in total. The summed E-state index contributed by atoms with van der Waals surface area (Å²) in [5, 5.41) is 11.5. The van der Waals surface area contributed by atoms with Gasteiger partial charge in [0.25, 0.3) is 5.78 Å². The lowest BCUT2D eigenvalue weighted by molar-refractivity contribution is -0.132. The molecule has 1 aliphatic carbocycles. The number of pyridine rings is 1. The Morgan fingerprint density at radius 3 is 2.67 bits per heavy atom. The molecule has 1 N–H and O–H groups in total. The Labute approximate surface area is 214 Å². The van der Waals surface area contributed by atoms with Gasteiger partial charge in [0.05, 0.1) is 26.5 Å². The average molecular weight is 520 g/mol. The number of aliphatic hydroxyl groups excluding tert-OH is 1. The Balaban J connectivity index is 1.53. The van der Waals surface area contributed by atoms with Crippen LogP contribution in [0, 0.1) is 5.82 Å². The Morgan fingerprint density at radius 1 is 1.08 bits per heavy atom. The van der Waals surface area contributed by atoms with E-state index < -0.39 is 23.5 Å². The maximum Gasteiger partial charge on any atom is 0.301 e. The Hall–Kier alpha value is -3.62. The minimum atomic E-state index is -0.997. The molecule has 0 saturated carbocycles. The number of halogens is 2. The molecule has 2 aromatic heterocycles. The third-order valence-electron chi connectivity index (χ3n) is 6.66. The molecule has 6 rings (SSSR count). The molecule has 1 amide bonds. The molecule has 0 bridgehead atoms. The van der Waals surface area contributed by atoms with Crippen molar-refractivity contribution in [1.29, 1.82) is 0 Å². The first-order chi connectivity index (χ1) is 17.4. The number of aromatic nitrogens is 2. The summed E-state index contributed by atoms with van der Waals surface area (Å²) in [5.74, 6) is -2.52. The number of carbonyl (C=O) groups excluding carboxylic acids is 2. The van der Waals surface area contributed by atoms with Gasteiger partial charge in [0.1, 0.15) is 17.6 Å². The molecule has 2 aromatic carbocycles. The number of aliphatic hydroxyl groups is 1. The van der Waals surface area contributed by atoms with Crippen LogP contribution in [0.1, 0.15) is 41.3 Å². The van der Waals surface area contributed by atoms with E-state index in [1.54, 1.807) is 30.5 Å². The van der Waals surface area contributed by atoms with E-state index in [-0.39, 0.29) is 21.5 Å². The smallest absolute Gasteiger partial charge is 0.301 e. The second-order valence-electron chi connectivity index (χ2n) is 8.84. The minimum absolute atomic E-state index is 0.0575. The largest absolute Gasteiger partial charge is 0.507 e. The predicted octanol–water partition coefficient (Wildman–Crippen LogP) is 5.99. The van der Waals surface area contributed by atoms with E-state index in [0.29, 0.717) is 21.5 Å². The average Bonchev–Trinajstić information content (AvgIpc) is 3.41. The van der Waals surface area contributed by atoms with E-state index in [1.165, 1.54) is 22.6 Å². The summed E-state index contributed by atoms with van der Waals surface area (Å²) in [7, 11) is 0. The molecule has 0 spiro atoms. The summed E-state index contributed by atoms with van der Waals surface area (Å²) in [6.07, 6.45) is 5.64. The fourth-order valence-electron chi connectivity index (χ4n) is 4.90. The summed E-state index contributed by atoms with van der Waals surface area (Å²) >= 11 is 6.98. The highest BCUT2D eigenvalue weighted by Crippen LogP contribution is 2.44. The normalized spacial score (nSPS) is 19.2. The highest BCUT2D eigenvalue weighted by atomic mass is 35.5. The summed E-state index contributed by atoms with van der Waals surface area (Å²) in [5.41, 5.74) is 3.60. The molecule has 9 heteroatoms. The topological polar surface area (TPSA) is 83.4 Å².